The molecule has 0 bridgehead atoms. The largest absolute Gasteiger partial charge is 0.288 e. The van der Waals surface area contributed by atoms with E-state index >= 15 is 0 Å². The molecule has 1 heterocycles. The van der Waals surface area contributed by atoms with Gasteiger partial charge in [0.1, 0.15) is 5.69 Å². The number of rotatable bonds is 2. The molecule has 0 saturated heterocycles. The van der Waals surface area contributed by atoms with E-state index in [0.29, 0.717) is 5.56 Å². The number of hydrogen-bond acceptors (Lipinski definition) is 4. The van der Waals surface area contributed by atoms with Crippen LogP contribution in [0.3, 0.4) is 0 Å². The Hall–Kier alpha value is -2.53. The molecule has 0 saturated carbocycles. The molecule has 5 heteroatoms. The smallest absolute Gasteiger partial charge is 0.272 e. The summed E-state index contributed by atoms with van der Waals surface area (Å²) in [5.41, 5.74) is 0.185. The zero-order valence-electron chi connectivity index (χ0n) is 9.48. The van der Waals surface area contributed by atoms with Crippen LogP contribution in [0.25, 0.3) is 0 Å². The first-order chi connectivity index (χ1) is 8.70. The fourth-order valence-corrected chi connectivity index (χ4v) is 1.46. The molecule has 0 aliphatic rings. The molecule has 0 unspecified atom stereocenters. The van der Waals surface area contributed by atoms with Crippen molar-refractivity contribution < 1.29 is 4.79 Å². The van der Waals surface area contributed by atoms with Crippen LogP contribution >= 0.6 is 0 Å². The first-order valence-corrected chi connectivity index (χ1v) is 5.28. The Morgan fingerprint density at radius 3 is 2.44 bits per heavy atom. The van der Waals surface area contributed by atoms with E-state index in [-0.39, 0.29) is 11.1 Å². The van der Waals surface area contributed by atoms with E-state index in [1.165, 1.54) is 36.7 Å². The Morgan fingerprint density at radius 1 is 1.06 bits per heavy atom. The van der Waals surface area contributed by atoms with Crippen LogP contribution in [0.15, 0.2) is 59.7 Å². The van der Waals surface area contributed by atoms with Crippen molar-refractivity contribution in [3.05, 3.63) is 70.6 Å². The molecule has 18 heavy (non-hydrogen) atoms. The standard InChI is InChI=1S/C13H11N3O2/c14-16(11-4-2-1-3-5-12(11)17)13(18)10-6-8-15-9-7-10/h1-9H,14H2. The van der Waals surface area contributed by atoms with Crippen LogP contribution < -0.4 is 16.3 Å². The maximum Gasteiger partial charge on any atom is 0.272 e. The summed E-state index contributed by atoms with van der Waals surface area (Å²) in [5.74, 6) is 5.23. The molecule has 1 aromatic heterocycles. The van der Waals surface area contributed by atoms with Crippen LogP contribution in [0.1, 0.15) is 10.4 Å². The van der Waals surface area contributed by atoms with Gasteiger partial charge in [0.2, 0.25) is 5.43 Å². The summed E-state index contributed by atoms with van der Waals surface area (Å²) in [4.78, 5) is 27.6. The van der Waals surface area contributed by atoms with Gasteiger partial charge in [-0.3, -0.25) is 14.6 Å². The molecular formula is C13H11N3O2. The van der Waals surface area contributed by atoms with Crippen molar-refractivity contribution >= 4 is 11.6 Å². The van der Waals surface area contributed by atoms with Crippen molar-refractivity contribution in [3.63, 3.8) is 0 Å². The zero-order chi connectivity index (χ0) is 13.0. The minimum Gasteiger partial charge on any atom is -0.288 e. The summed E-state index contributed by atoms with van der Waals surface area (Å²) in [6, 6.07) is 10.9. The maximum atomic E-state index is 12.0. The number of nitrogens with two attached hydrogens (primary N) is 1. The Kier molecular flexibility index (Phi) is 3.45. The van der Waals surface area contributed by atoms with E-state index in [1.54, 1.807) is 18.2 Å². The van der Waals surface area contributed by atoms with Gasteiger partial charge in [-0.15, -0.1) is 0 Å². The molecule has 1 amide bonds. The number of carbonyl (C=O) groups is 1. The quantitative estimate of drug-likeness (QED) is 0.482. The summed E-state index contributed by atoms with van der Waals surface area (Å²) in [6.45, 7) is 0. The topological polar surface area (TPSA) is 76.3 Å². The number of hydrazine groups is 1. The normalized spacial score (nSPS) is 9.83. The lowest BCUT2D eigenvalue weighted by Crippen LogP contribution is -2.40. The molecule has 0 aliphatic heterocycles. The number of aromatic nitrogens is 1. The monoisotopic (exact) mass is 241 g/mol. The van der Waals surface area contributed by atoms with Gasteiger partial charge in [0, 0.05) is 18.0 Å². The maximum absolute atomic E-state index is 12.0. The summed E-state index contributed by atoms with van der Waals surface area (Å²) >= 11 is 0. The average molecular weight is 241 g/mol. The van der Waals surface area contributed by atoms with Crippen LogP contribution in [0.4, 0.5) is 5.69 Å². The number of hydrogen-bond donors (Lipinski definition) is 1. The Labute approximate surface area is 103 Å². The molecule has 5 nitrogen and oxygen atoms in total. The fraction of sp³-hybridized carbons (Fsp3) is 0. The molecule has 0 fully saturated rings. The highest BCUT2D eigenvalue weighted by molar-refractivity contribution is 6.05. The lowest BCUT2D eigenvalue weighted by atomic mass is 10.2. The van der Waals surface area contributed by atoms with E-state index in [4.69, 9.17) is 5.84 Å². The van der Waals surface area contributed by atoms with Gasteiger partial charge >= 0.3 is 0 Å². The van der Waals surface area contributed by atoms with E-state index in [9.17, 15) is 9.59 Å². The SMILES string of the molecule is NN(C(=O)c1ccncc1)c1cccccc1=O. The fourth-order valence-electron chi connectivity index (χ4n) is 1.46. The van der Waals surface area contributed by atoms with Crippen LogP contribution in [-0.4, -0.2) is 10.9 Å². The predicted octanol–water partition coefficient (Wildman–Crippen LogP) is 0.962. The van der Waals surface area contributed by atoms with Gasteiger partial charge in [0.25, 0.3) is 5.91 Å². The van der Waals surface area contributed by atoms with Crippen molar-refractivity contribution in [1.82, 2.24) is 4.98 Å². The van der Waals surface area contributed by atoms with Gasteiger partial charge in [-0.1, -0.05) is 18.2 Å². The highest BCUT2D eigenvalue weighted by Crippen LogP contribution is 2.07. The first-order valence-electron chi connectivity index (χ1n) is 5.28. The minimum absolute atomic E-state index is 0.127. The summed E-state index contributed by atoms with van der Waals surface area (Å²) in [5, 5.41) is 0.845. The van der Waals surface area contributed by atoms with Crippen LogP contribution in [0.5, 0.6) is 0 Å². The van der Waals surface area contributed by atoms with Gasteiger partial charge < -0.3 is 0 Å². The number of nitrogens with zero attached hydrogens (tertiary/aromatic N) is 2. The highest BCUT2D eigenvalue weighted by Gasteiger charge is 2.15. The summed E-state index contributed by atoms with van der Waals surface area (Å²) in [6.07, 6.45) is 2.98. The highest BCUT2D eigenvalue weighted by atomic mass is 16.2. The zero-order valence-corrected chi connectivity index (χ0v) is 9.48. The van der Waals surface area contributed by atoms with Gasteiger partial charge in [0.05, 0.1) is 0 Å². The second-order valence-corrected chi connectivity index (χ2v) is 3.57. The molecule has 0 aliphatic carbocycles. The van der Waals surface area contributed by atoms with Gasteiger partial charge in [-0.25, -0.2) is 10.9 Å². The third-order valence-electron chi connectivity index (χ3n) is 2.38. The second kappa shape index (κ2) is 5.20. The van der Waals surface area contributed by atoms with Crippen molar-refractivity contribution in [1.29, 1.82) is 0 Å². The Balaban J connectivity index is 2.39. The molecule has 0 radical (unpaired) electrons. The van der Waals surface area contributed by atoms with Crippen molar-refractivity contribution in [2.24, 2.45) is 5.84 Å². The molecule has 2 N–H and O–H groups in total. The molecule has 0 atom stereocenters. The first kappa shape index (κ1) is 11.9. The molecule has 0 spiro atoms. The minimum atomic E-state index is -0.458. The predicted molar refractivity (Wildman–Crippen MR) is 67.9 cm³/mol. The van der Waals surface area contributed by atoms with Crippen LogP contribution in [0.2, 0.25) is 0 Å². The molecular weight excluding hydrogens is 230 g/mol. The molecule has 90 valence electrons. The van der Waals surface area contributed by atoms with Gasteiger partial charge in [-0.05, 0) is 24.3 Å². The molecule has 2 rings (SSSR count). The Bertz CT molecular complexity index is 614. The number of carbonyl (C=O) groups excluding carboxylic acids is 1. The molecule has 2 aromatic rings. The number of pyridine rings is 1. The van der Waals surface area contributed by atoms with E-state index < -0.39 is 5.91 Å². The van der Waals surface area contributed by atoms with Gasteiger partial charge in [-0.2, -0.15) is 0 Å². The van der Waals surface area contributed by atoms with E-state index in [2.05, 4.69) is 4.98 Å². The van der Waals surface area contributed by atoms with Crippen LogP contribution in [-0.2, 0) is 0 Å². The van der Waals surface area contributed by atoms with E-state index in [0.717, 1.165) is 5.01 Å². The van der Waals surface area contributed by atoms with Crippen molar-refractivity contribution in [3.8, 4) is 0 Å². The third-order valence-corrected chi connectivity index (χ3v) is 2.38. The summed E-state index contributed by atoms with van der Waals surface area (Å²) < 4.78 is 0. The summed E-state index contributed by atoms with van der Waals surface area (Å²) in [7, 11) is 0. The second-order valence-electron chi connectivity index (χ2n) is 3.57. The lowest BCUT2D eigenvalue weighted by molar-refractivity contribution is 0.0986. The number of amides is 1. The third kappa shape index (κ3) is 2.41. The average Bonchev–Trinajstić information content (AvgIpc) is 2.63. The number of anilines is 1. The van der Waals surface area contributed by atoms with Crippen molar-refractivity contribution in [2.45, 2.75) is 0 Å². The Morgan fingerprint density at radius 2 is 1.72 bits per heavy atom. The van der Waals surface area contributed by atoms with Gasteiger partial charge in [0.15, 0.2) is 0 Å². The molecule has 1 aromatic carbocycles. The van der Waals surface area contributed by atoms with Crippen LogP contribution in [0, 0.1) is 0 Å². The van der Waals surface area contributed by atoms with E-state index in [1.807, 2.05) is 0 Å². The lowest BCUT2D eigenvalue weighted by Gasteiger charge is -2.14. The van der Waals surface area contributed by atoms with Crippen molar-refractivity contribution in [2.75, 3.05) is 5.01 Å².